The van der Waals surface area contributed by atoms with E-state index in [0.717, 1.165) is 22.3 Å². The minimum atomic E-state index is -0.790. The number of aliphatic hydroxyl groups is 2. The highest BCUT2D eigenvalue weighted by Gasteiger charge is 2.17. The summed E-state index contributed by atoms with van der Waals surface area (Å²) in [5, 5.41) is 20.3. The molecule has 0 radical (unpaired) electrons. The molecule has 0 spiro atoms. The Labute approximate surface area is 113 Å². The molecule has 19 heavy (non-hydrogen) atoms. The number of para-hydroxylation sites is 1. The van der Waals surface area contributed by atoms with Crippen LogP contribution in [0.5, 0.6) is 0 Å². The summed E-state index contributed by atoms with van der Waals surface area (Å²) in [4.78, 5) is 6.47. The lowest BCUT2D eigenvalue weighted by Gasteiger charge is -2.27. The van der Waals surface area contributed by atoms with E-state index in [0.29, 0.717) is 6.54 Å². The maximum Gasteiger partial charge on any atom is 0.129 e. The van der Waals surface area contributed by atoms with Crippen molar-refractivity contribution >= 4 is 16.7 Å². The van der Waals surface area contributed by atoms with E-state index >= 15 is 0 Å². The highest BCUT2D eigenvalue weighted by molar-refractivity contribution is 5.84. The van der Waals surface area contributed by atoms with Crippen LogP contribution in [0.4, 0.5) is 5.82 Å². The molecule has 0 saturated carbocycles. The number of pyridine rings is 1. The molecule has 0 aliphatic heterocycles. The average molecular weight is 260 g/mol. The van der Waals surface area contributed by atoms with E-state index in [9.17, 15) is 10.2 Å². The van der Waals surface area contributed by atoms with Gasteiger partial charge in [-0.3, -0.25) is 0 Å². The molecule has 102 valence electrons. The molecule has 0 amide bonds. The molecule has 2 N–H and O–H groups in total. The van der Waals surface area contributed by atoms with Crippen molar-refractivity contribution in [3.05, 3.63) is 35.9 Å². The van der Waals surface area contributed by atoms with Gasteiger partial charge in [0.2, 0.25) is 0 Å². The molecular formula is C15H20N2O2. The molecule has 0 fully saturated rings. The summed E-state index contributed by atoms with van der Waals surface area (Å²) < 4.78 is 0. The molecule has 4 heteroatoms. The molecule has 2 aromatic rings. The Kier molecular flexibility index (Phi) is 3.73. The summed E-state index contributed by atoms with van der Waals surface area (Å²) in [5.41, 5.74) is 0.913. The van der Waals surface area contributed by atoms with Gasteiger partial charge in [-0.25, -0.2) is 4.98 Å². The van der Waals surface area contributed by atoms with Crippen LogP contribution < -0.4 is 4.90 Å². The molecule has 0 bridgehead atoms. The van der Waals surface area contributed by atoms with Crippen LogP contribution in [0.1, 0.15) is 19.4 Å². The first-order valence-corrected chi connectivity index (χ1v) is 6.34. The molecule has 1 aromatic heterocycles. The van der Waals surface area contributed by atoms with Crippen molar-refractivity contribution < 1.29 is 10.2 Å². The molecule has 0 unspecified atom stereocenters. The van der Waals surface area contributed by atoms with E-state index in [1.807, 2.05) is 42.3 Å². The van der Waals surface area contributed by atoms with Crippen LogP contribution in [0.3, 0.4) is 0 Å². The largest absolute Gasteiger partial charge is 0.392 e. The summed E-state index contributed by atoms with van der Waals surface area (Å²) in [6.45, 7) is 3.98. The SMILES string of the molecule is CN(CC(C)(C)O)c1cc(CO)c2ccccc2n1. The van der Waals surface area contributed by atoms with Crippen molar-refractivity contribution in [2.45, 2.75) is 26.1 Å². The van der Waals surface area contributed by atoms with E-state index in [2.05, 4.69) is 4.98 Å². The number of benzene rings is 1. The van der Waals surface area contributed by atoms with Crippen LogP contribution in [0.2, 0.25) is 0 Å². The molecule has 0 aliphatic rings. The Morgan fingerprint density at radius 3 is 2.58 bits per heavy atom. The second-order valence-corrected chi connectivity index (χ2v) is 5.48. The fraction of sp³-hybridized carbons (Fsp3) is 0.400. The van der Waals surface area contributed by atoms with E-state index < -0.39 is 5.60 Å². The molecular weight excluding hydrogens is 240 g/mol. The van der Waals surface area contributed by atoms with E-state index in [1.165, 1.54) is 0 Å². The number of aromatic nitrogens is 1. The van der Waals surface area contributed by atoms with Gasteiger partial charge in [0.1, 0.15) is 5.82 Å². The van der Waals surface area contributed by atoms with Gasteiger partial charge in [0.05, 0.1) is 17.7 Å². The summed E-state index contributed by atoms with van der Waals surface area (Å²) in [7, 11) is 1.89. The Morgan fingerprint density at radius 2 is 1.95 bits per heavy atom. The lowest BCUT2D eigenvalue weighted by atomic mass is 10.1. The standard InChI is InChI=1S/C15H20N2O2/c1-15(2,19)10-17(3)14-8-11(9-18)12-6-4-5-7-13(12)16-14/h4-8,18-19H,9-10H2,1-3H3. The minimum Gasteiger partial charge on any atom is -0.392 e. The second-order valence-electron chi connectivity index (χ2n) is 5.48. The number of rotatable bonds is 4. The van der Waals surface area contributed by atoms with Crippen molar-refractivity contribution in [3.63, 3.8) is 0 Å². The highest BCUT2D eigenvalue weighted by atomic mass is 16.3. The van der Waals surface area contributed by atoms with Crippen molar-refractivity contribution in [1.29, 1.82) is 0 Å². The zero-order valence-electron chi connectivity index (χ0n) is 11.6. The van der Waals surface area contributed by atoms with Crippen molar-refractivity contribution in [1.82, 2.24) is 4.98 Å². The van der Waals surface area contributed by atoms with Crippen LogP contribution in [0.25, 0.3) is 10.9 Å². The number of aliphatic hydroxyl groups excluding tert-OH is 1. The summed E-state index contributed by atoms with van der Waals surface area (Å²) in [6, 6.07) is 9.61. The number of fused-ring (bicyclic) bond motifs is 1. The third-order valence-corrected chi connectivity index (χ3v) is 2.97. The van der Waals surface area contributed by atoms with Gasteiger partial charge in [-0.1, -0.05) is 18.2 Å². The molecule has 2 rings (SSSR count). The number of hydrogen-bond donors (Lipinski definition) is 2. The van der Waals surface area contributed by atoms with Crippen LogP contribution in [-0.2, 0) is 6.61 Å². The first-order valence-electron chi connectivity index (χ1n) is 6.34. The summed E-state index contributed by atoms with van der Waals surface area (Å²) in [6.07, 6.45) is 0. The van der Waals surface area contributed by atoms with Gasteiger partial charge in [0, 0.05) is 19.0 Å². The molecule has 4 nitrogen and oxygen atoms in total. The Hall–Kier alpha value is -1.65. The second kappa shape index (κ2) is 5.15. The topological polar surface area (TPSA) is 56.6 Å². The van der Waals surface area contributed by atoms with Gasteiger partial charge in [-0.2, -0.15) is 0 Å². The lowest BCUT2D eigenvalue weighted by Crippen LogP contribution is -2.36. The normalized spacial score (nSPS) is 11.8. The van der Waals surface area contributed by atoms with Crippen molar-refractivity contribution in [2.75, 3.05) is 18.5 Å². The zero-order valence-corrected chi connectivity index (χ0v) is 11.6. The monoisotopic (exact) mass is 260 g/mol. The van der Waals surface area contributed by atoms with E-state index in [1.54, 1.807) is 13.8 Å². The smallest absolute Gasteiger partial charge is 0.129 e. The van der Waals surface area contributed by atoms with Gasteiger partial charge < -0.3 is 15.1 Å². The third kappa shape index (κ3) is 3.22. The maximum atomic E-state index is 9.87. The lowest BCUT2D eigenvalue weighted by molar-refractivity contribution is 0.0884. The van der Waals surface area contributed by atoms with Gasteiger partial charge in [0.25, 0.3) is 0 Å². The van der Waals surface area contributed by atoms with Crippen LogP contribution >= 0.6 is 0 Å². The number of nitrogens with zero attached hydrogens (tertiary/aromatic N) is 2. The molecule has 0 atom stereocenters. The highest BCUT2D eigenvalue weighted by Crippen LogP contribution is 2.23. The Morgan fingerprint density at radius 1 is 1.26 bits per heavy atom. The fourth-order valence-electron chi connectivity index (χ4n) is 2.22. The van der Waals surface area contributed by atoms with Crippen molar-refractivity contribution in [2.24, 2.45) is 0 Å². The van der Waals surface area contributed by atoms with Gasteiger partial charge in [0.15, 0.2) is 0 Å². The number of anilines is 1. The van der Waals surface area contributed by atoms with Gasteiger partial charge >= 0.3 is 0 Å². The average Bonchev–Trinajstić information content (AvgIpc) is 2.35. The molecule has 0 saturated heterocycles. The maximum absolute atomic E-state index is 9.87. The predicted octanol–water partition coefficient (Wildman–Crippen LogP) is 1.93. The summed E-state index contributed by atoms with van der Waals surface area (Å²) >= 11 is 0. The van der Waals surface area contributed by atoms with Crippen LogP contribution in [0, 0.1) is 0 Å². The Balaban J connectivity index is 2.44. The van der Waals surface area contributed by atoms with E-state index in [-0.39, 0.29) is 6.61 Å². The quantitative estimate of drug-likeness (QED) is 0.882. The molecule has 1 heterocycles. The fourth-order valence-corrected chi connectivity index (χ4v) is 2.22. The minimum absolute atomic E-state index is 0.0214. The number of hydrogen-bond acceptors (Lipinski definition) is 4. The third-order valence-electron chi connectivity index (χ3n) is 2.97. The van der Waals surface area contributed by atoms with Crippen LogP contribution in [-0.4, -0.2) is 34.4 Å². The first-order chi connectivity index (χ1) is 8.90. The predicted molar refractivity (Wildman–Crippen MR) is 77.2 cm³/mol. The first kappa shape index (κ1) is 13.8. The van der Waals surface area contributed by atoms with Crippen LogP contribution in [0.15, 0.2) is 30.3 Å². The molecule has 1 aromatic carbocycles. The zero-order chi connectivity index (χ0) is 14.0. The van der Waals surface area contributed by atoms with Crippen molar-refractivity contribution in [3.8, 4) is 0 Å². The van der Waals surface area contributed by atoms with E-state index in [4.69, 9.17) is 0 Å². The number of likely N-dealkylation sites (N-methyl/N-ethyl adjacent to an activating group) is 1. The Bertz CT molecular complexity index is 576. The van der Waals surface area contributed by atoms with Gasteiger partial charge in [-0.15, -0.1) is 0 Å². The molecule has 0 aliphatic carbocycles. The summed E-state index contributed by atoms with van der Waals surface area (Å²) in [5.74, 6) is 0.755. The van der Waals surface area contributed by atoms with Gasteiger partial charge in [-0.05, 0) is 31.5 Å².